The summed E-state index contributed by atoms with van der Waals surface area (Å²) in [6.07, 6.45) is 0.175. The zero-order valence-electron chi connectivity index (χ0n) is 20.9. The van der Waals surface area contributed by atoms with Gasteiger partial charge in [-0.1, -0.05) is 24.3 Å². The second-order valence-corrected chi connectivity index (χ2v) is 10.6. The van der Waals surface area contributed by atoms with Gasteiger partial charge in [-0.25, -0.2) is 9.59 Å². The summed E-state index contributed by atoms with van der Waals surface area (Å²) in [6.45, 7) is 11.8. The summed E-state index contributed by atoms with van der Waals surface area (Å²) in [5.41, 5.74) is -0.405. The number of nitrogens with zero attached hydrogens (tertiary/aromatic N) is 1. The molecule has 1 aliphatic rings. The molecule has 0 unspecified atom stereocenters. The number of benzene rings is 2. The second-order valence-electron chi connectivity index (χ2n) is 10.6. The van der Waals surface area contributed by atoms with Gasteiger partial charge in [-0.05, 0) is 77.3 Å². The average Bonchev–Trinajstić information content (AvgIpc) is 2.70. The average molecular weight is 470 g/mol. The van der Waals surface area contributed by atoms with Gasteiger partial charge in [0.15, 0.2) is 0 Å². The minimum atomic E-state index is -0.659. The van der Waals surface area contributed by atoms with Crippen LogP contribution >= 0.6 is 0 Å². The molecule has 0 radical (unpaired) electrons. The molecule has 2 aromatic carbocycles. The van der Waals surface area contributed by atoms with Crippen LogP contribution in [0.2, 0.25) is 0 Å². The number of rotatable bonds is 3. The highest BCUT2D eigenvalue weighted by atomic mass is 16.6. The van der Waals surface area contributed by atoms with E-state index in [-0.39, 0.29) is 11.9 Å². The predicted molar refractivity (Wildman–Crippen MR) is 132 cm³/mol. The molecule has 2 aromatic rings. The molecule has 8 heteroatoms. The van der Waals surface area contributed by atoms with Crippen LogP contribution in [0.1, 0.15) is 64.7 Å². The molecule has 1 heterocycles. The lowest BCUT2D eigenvalue weighted by Crippen LogP contribution is -2.47. The number of hydrogen-bond donors (Lipinski definition) is 2. The van der Waals surface area contributed by atoms with Gasteiger partial charge in [0.05, 0.1) is 11.3 Å². The van der Waals surface area contributed by atoms with E-state index < -0.39 is 23.4 Å². The molecule has 0 saturated carbocycles. The van der Waals surface area contributed by atoms with E-state index in [0.29, 0.717) is 37.2 Å². The smallest absolute Gasteiger partial charge is 0.412 e. The van der Waals surface area contributed by atoms with E-state index in [0.717, 1.165) is 10.8 Å². The fourth-order valence-electron chi connectivity index (χ4n) is 3.81. The molecule has 1 saturated heterocycles. The number of carbonyl (C=O) groups is 3. The first-order valence-electron chi connectivity index (χ1n) is 11.6. The molecule has 1 aliphatic heterocycles. The highest BCUT2D eigenvalue weighted by Crippen LogP contribution is 2.27. The number of nitrogens with one attached hydrogen (secondary N) is 2. The van der Waals surface area contributed by atoms with E-state index >= 15 is 0 Å². The standard InChI is InChI=1S/C26H35N3O5/c1-25(2,3)33-23(31)27-19-11-13-29(14-12-19)22(30)20-15-17-9-7-8-10-18(17)16-21(20)28-24(32)34-26(4,5)6/h7-10,15-16,19H,11-14H2,1-6H3,(H,27,31)(H,28,32). The summed E-state index contributed by atoms with van der Waals surface area (Å²) >= 11 is 0. The molecular formula is C26H35N3O5. The summed E-state index contributed by atoms with van der Waals surface area (Å²) < 4.78 is 10.7. The van der Waals surface area contributed by atoms with Crippen LogP contribution in [0, 0.1) is 0 Å². The van der Waals surface area contributed by atoms with E-state index in [1.165, 1.54) is 0 Å². The van der Waals surface area contributed by atoms with Crippen LogP contribution in [0.25, 0.3) is 10.8 Å². The lowest BCUT2D eigenvalue weighted by Gasteiger charge is -2.33. The normalized spacial score (nSPS) is 15.1. The number of anilines is 1. The minimum absolute atomic E-state index is 0.0603. The van der Waals surface area contributed by atoms with Gasteiger partial charge < -0.3 is 19.7 Å². The maximum atomic E-state index is 13.5. The maximum absolute atomic E-state index is 13.5. The third kappa shape index (κ3) is 7.10. The van der Waals surface area contributed by atoms with Crippen LogP contribution in [0.5, 0.6) is 0 Å². The lowest BCUT2D eigenvalue weighted by molar-refractivity contribution is 0.0473. The van der Waals surface area contributed by atoms with Gasteiger partial charge in [0, 0.05) is 19.1 Å². The second kappa shape index (κ2) is 9.91. The number of carbonyl (C=O) groups excluding carboxylic acids is 3. The molecule has 0 aliphatic carbocycles. The summed E-state index contributed by atoms with van der Waals surface area (Å²) in [4.78, 5) is 39.7. The molecular weight excluding hydrogens is 434 g/mol. The first-order valence-corrected chi connectivity index (χ1v) is 11.6. The van der Waals surface area contributed by atoms with Crippen molar-refractivity contribution in [3.05, 3.63) is 42.0 Å². The molecule has 2 N–H and O–H groups in total. The zero-order chi connectivity index (χ0) is 25.1. The first kappa shape index (κ1) is 25.3. The van der Waals surface area contributed by atoms with Gasteiger partial charge in [-0.2, -0.15) is 0 Å². The molecule has 34 heavy (non-hydrogen) atoms. The van der Waals surface area contributed by atoms with Crippen molar-refractivity contribution in [2.75, 3.05) is 18.4 Å². The Bertz CT molecular complexity index is 1060. The fourth-order valence-corrected chi connectivity index (χ4v) is 3.81. The molecule has 0 spiro atoms. The van der Waals surface area contributed by atoms with E-state index in [2.05, 4.69) is 10.6 Å². The van der Waals surface area contributed by atoms with Gasteiger partial charge in [-0.3, -0.25) is 10.1 Å². The van der Waals surface area contributed by atoms with E-state index in [1.54, 1.807) is 37.8 Å². The van der Waals surface area contributed by atoms with Gasteiger partial charge in [-0.15, -0.1) is 0 Å². The number of alkyl carbamates (subject to hydrolysis) is 1. The summed E-state index contributed by atoms with van der Waals surface area (Å²) in [6, 6.07) is 11.2. The van der Waals surface area contributed by atoms with Gasteiger partial charge in [0.1, 0.15) is 11.2 Å². The molecule has 3 amide bonds. The number of hydrogen-bond acceptors (Lipinski definition) is 5. The van der Waals surface area contributed by atoms with Crippen molar-refractivity contribution in [2.24, 2.45) is 0 Å². The van der Waals surface area contributed by atoms with Crippen LogP contribution in [0.15, 0.2) is 36.4 Å². The van der Waals surface area contributed by atoms with Crippen LogP contribution < -0.4 is 10.6 Å². The van der Waals surface area contributed by atoms with Crippen LogP contribution in [-0.2, 0) is 9.47 Å². The largest absolute Gasteiger partial charge is 0.444 e. The SMILES string of the molecule is CC(C)(C)OC(=O)Nc1cc2ccccc2cc1C(=O)N1CCC(NC(=O)OC(C)(C)C)CC1. The number of amides is 3. The summed E-state index contributed by atoms with van der Waals surface area (Å²) in [5.74, 6) is -0.174. The summed E-state index contributed by atoms with van der Waals surface area (Å²) in [5, 5.41) is 7.45. The van der Waals surface area contributed by atoms with E-state index in [1.807, 2.05) is 45.0 Å². The quantitative estimate of drug-likeness (QED) is 0.634. The Morgan fingerprint density at radius 3 is 1.94 bits per heavy atom. The van der Waals surface area contributed by atoms with Crippen LogP contribution in [0.4, 0.5) is 15.3 Å². The van der Waals surface area contributed by atoms with Gasteiger partial charge >= 0.3 is 12.2 Å². The molecule has 1 fully saturated rings. The van der Waals surface area contributed by atoms with Crippen LogP contribution in [-0.4, -0.2) is 53.3 Å². The van der Waals surface area contributed by atoms with Crippen molar-refractivity contribution in [3.63, 3.8) is 0 Å². The number of likely N-dealkylation sites (tertiary alicyclic amines) is 1. The van der Waals surface area contributed by atoms with Crippen molar-refractivity contribution in [1.29, 1.82) is 0 Å². The molecule has 3 rings (SSSR count). The fraction of sp³-hybridized carbons (Fsp3) is 0.500. The Balaban J connectivity index is 1.74. The van der Waals surface area contributed by atoms with Crippen molar-refractivity contribution >= 4 is 34.6 Å². The molecule has 0 atom stereocenters. The van der Waals surface area contributed by atoms with Gasteiger partial charge in [0.25, 0.3) is 5.91 Å². The third-order valence-electron chi connectivity index (χ3n) is 5.25. The van der Waals surface area contributed by atoms with Crippen molar-refractivity contribution in [2.45, 2.75) is 71.6 Å². The van der Waals surface area contributed by atoms with E-state index in [4.69, 9.17) is 9.47 Å². The maximum Gasteiger partial charge on any atom is 0.412 e. The Labute approximate surface area is 201 Å². The molecule has 8 nitrogen and oxygen atoms in total. The lowest BCUT2D eigenvalue weighted by atomic mass is 10.0. The van der Waals surface area contributed by atoms with Crippen LogP contribution in [0.3, 0.4) is 0 Å². The highest BCUT2D eigenvalue weighted by Gasteiger charge is 2.28. The highest BCUT2D eigenvalue weighted by molar-refractivity contribution is 6.07. The topological polar surface area (TPSA) is 97.0 Å². The number of piperidine rings is 1. The van der Waals surface area contributed by atoms with Gasteiger partial charge in [0.2, 0.25) is 0 Å². The monoisotopic (exact) mass is 469 g/mol. The van der Waals surface area contributed by atoms with Crippen molar-refractivity contribution in [1.82, 2.24) is 10.2 Å². The Hall–Kier alpha value is -3.29. The number of ether oxygens (including phenoxy) is 2. The Morgan fingerprint density at radius 2 is 1.38 bits per heavy atom. The molecule has 0 bridgehead atoms. The molecule has 184 valence electrons. The van der Waals surface area contributed by atoms with Crippen molar-refractivity contribution in [3.8, 4) is 0 Å². The number of fused-ring (bicyclic) bond motifs is 1. The third-order valence-corrected chi connectivity index (χ3v) is 5.25. The Morgan fingerprint density at radius 1 is 0.853 bits per heavy atom. The molecule has 0 aromatic heterocycles. The minimum Gasteiger partial charge on any atom is -0.444 e. The predicted octanol–water partition coefficient (Wildman–Crippen LogP) is 5.32. The first-order chi connectivity index (χ1) is 15.8. The van der Waals surface area contributed by atoms with E-state index in [9.17, 15) is 14.4 Å². The zero-order valence-corrected chi connectivity index (χ0v) is 20.9. The van der Waals surface area contributed by atoms with Crippen molar-refractivity contribution < 1.29 is 23.9 Å². The summed E-state index contributed by atoms with van der Waals surface area (Å²) in [7, 11) is 0. The Kier molecular flexibility index (Phi) is 7.38.